The van der Waals surface area contributed by atoms with Gasteiger partial charge in [0.2, 0.25) is 0 Å². The maximum absolute atomic E-state index is 14.0. The van der Waals surface area contributed by atoms with Crippen LogP contribution >= 0.6 is 38.6 Å². The summed E-state index contributed by atoms with van der Waals surface area (Å²) >= 11 is 5.79. The molecule has 4 aromatic rings. The van der Waals surface area contributed by atoms with Gasteiger partial charge in [0.25, 0.3) is 5.91 Å². The molecule has 7 nitrogen and oxygen atoms in total. The summed E-state index contributed by atoms with van der Waals surface area (Å²) in [6, 6.07) is 4.29. The highest BCUT2D eigenvalue weighted by Gasteiger charge is 2.38. The minimum atomic E-state index is -4.75. The number of rotatable bonds is 4. The van der Waals surface area contributed by atoms with E-state index in [-0.39, 0.29) is 32.5 Å². The average Bonchev–Trinajstić information content (AvgIpc) is 3.59. The molecule has 1 atom stereocenters. The normalized spacial score (nSPS) is 15.8. The number of amides is 1. The average molecular weight is 642 g/mol. The van der Waals surface area contributed by atoms with Gasteiger partial charge in [0.15, 0.2) is 17.0 Å². The molecule has 0 saturated heterocycles. The number of aromatic nitrogens is 3. The zero-order valence-corrected chi connectivity index (χ0v) is 24.6. The number of carbonyl (C=O) groups is 2. The third kappa shape index (κ3) is 5.11. The molecule has 1 amide bonds. The number of fused-ring (bicyclic) bond motifs is 2. The van der Waals surface area contributed by atoms with Crippen LogP contribution in [0.1, 0.15) is 64.2 Å². The van der Waals surface area contributed by atoms with Gasteiger partial charge in [-0.15, -0.1) is 22.7 Å². The Hall–Kier alpha value is -2.77. The van der Waals surface area contributed by atoms with E-state index in [4.69, 9.17) is 4.74 Å². The smallest absolute Gasteiger partial charge is 0.433 e. The van der Waals surface area contributed by atoms with Crippen molar-refractivity contribution in [1.29, 1.82) is 0 Å². The van der Waals surface area contributed by atoms with Gasteiger partial charge in [0, 0.05) is 4.88 Å². The monoisotopic (exact) mass is 640 g/mol. The fraction of sp³-hybridized carbons (Fsp3) is 0.385. The first-order chi connectivity index (χ1) is 18.3. The number of methoxy groups -OCH3 is 1. The van der Waals surface area contributed by atoms with Crippen molar-refractivity contribution >= 4 is 61.1 Å². The quantitative estimate of drug-likeness (QED) is 0.234. The van der Waals surface area contributed by atoms with E-state index in [2.05, 4.69) is 52.1 Å². The number of halogens is 4. The van der Waals surface area contributed by atoms with Crippen LogP contribution in [-0.2, 0) is 23.8 Å². The third-order valence-corrected chi connectivity index (χ3v) is 9.71. The topological polar surface area (TPSA) is 85.6 Å². The minimum Gasteiger partial charge on any atom is -0.465 e. The van der Waals surface area contributed by atoms with E-state index in [1.165, 1.54) is 29.8 Å². The van der Waals surface area contributed by atoms with Gasteiger partial charge < -0.3 is 10.1 Å². The number of carbonyl (C=O) groups excluding carboxylic acids is 2. The standard InChI is InChI=1S/C26H24BrF3N4O3S2/c1-25(2,3)12-7-8-13-16(10-12)39-23(18(13)24(36)37-4)32-22(35)20-19(27)21-31-14(15-6-5-9-38-15)11-17(26(28,29)30)34(21)33-20/h5-6,9,11-12H,7-8,10H2,1-4H3,(H,32,35)/t12-/m1/s1. The Balaban J connectivity index is 1.56. The van der Waals surface area contributed by atoms with Crippen molar-refractivity contribution in [3.63, 3.8) is 0 Å². The zero-order valence-electron chi connectivity index (χ0n) is 21.4. The van der Waals surface area contributed by atoms with E-state index in [0.29, 0.717) is 26.7 Å². The lowest BCUT2D eigenvalue weighted by Gasteiger charge is -2.33. The molecule has 206 valence electrons. The molecule has 1 aliphatic rings. The SMILES string of the molecule is COC(=O)c1c(NC(=O)c2nn3c(C(F)(F)F)cc(-c4cccs4)nc3c2Br)sc2c1CC[C@@H](C(C)(C)C)C2. The Morgan fingerprint density at radius 2 is 2.00 bits per heavy atom. The largest absolute Gasteiger partial charge is 0.465 e. The number of hydrogen-bond acceptors (Lipinski definition) is 7. The first kappa shape index (κ1) is 27.8. The van der Waals surface area contributed by atoms with Gasteiger partial charge in [-0.1, -0.05) is 26.8 Å². The number of nitrogens with one attached hydrogen (secondary N) is 1. The highest BCUT2D eigenvalue weighted by Crippen LogP contribution is 2.45. The van der Waals surface area contributed by atoms with E-state index in [0.717, 1.165) is 29.3 Å². The summed E-state index contributed by atoms with van der Waals surface area (Å²) in [4.78, 5) is 32.1. The molecule has 4 heterocycles. The molecule has 0 spiro atoms. The van der Waals surface area contributed by atoms with Crippen LogP contribution in [0.25, 0.3) is 16.2 Å². The van der Waals surface area contributed by atoms with Gasteiger partial charge >= 0.3 is 12.1 Å². The molecule has 1 aliphatic carbocycles. The van der Waals surface area contributed by atoms with E-state index < -0.39 is 23.7 Å². The van der Waals surface area contributed by atoms with E-state index in [1.54, 1.807) is 17.5 Å². The van der Waals surface area contributed by atoms with Crippen molar-refractivity contribution in [3.05, 3.63) is 55.4 Å². The summed E-state index contributed by atoms with van der Waals surface area (Å²) in [5, 5.41) is 8.73. The molecule has 0 unspecified atom stereocenters. The summed E-state index contributed by atoms with van der Waals surface area (Å²) in [6.45, 7) is 6.52. The van der Waals surface area contributed by atoms with Crippen molar-refractivity contribution in [3.8, 4) is 10.6 Å². The Morgan fingerprint density at radius 1 is 1.26 bits per heavy atom. The lowest BCUT2D eigenvalue weighted by atomic mass is 9.72. The minimum absolute atomic E-state index is 0.0117. The van der Waals surface area contributed by atoms with Crippen LogP contribution in [0.5, 0.6) is 0 Å². The number of nitrogens with zero attached hydrogens (tertiary/aromatic N) is 3. The second kappa shape index (κ2) is 10.0. The molecule has 5 rings (SSSR count). The fourth-order valence-corrected chi connectivity index (χ4v) is 7.30. The number of alkyl halides is 3. The van der Waals surface area contributed by atoms with Crippen LogP contribution in [0.15, 0.2) is 28.1 Å². The van der Waals surface area contributed by atoms with E-state index in [9.17, 15) is 22.8 Å². The first-order valence-corrected chi connectivity index (χ1v) is 14.5. The zero-order chi connectivity index (χ0) is 28.3. The second-order valence-electron chi connectivity index (χ2n) is 10.4. The maximum Gasteiger partial charge on any atom is 0.433 e. The van der Waals surface area contributed by atoms with Gasteiger partial charge in [-0.05, 0) is 69.6 Å². The molecule has 0 fully saturated rings. The predicted octanol–water partition coefficient (Wildman–Crippen LogP) is 7.49. The molecule has 0 saturated carbocycles. The van der Waals surface area contributed by atoms with Gasteiger partial charge in [0.05, 0.1) is 27.7 Å². The molecule has 0 radical (unpaired) electrons. The molecular formula is C26H24BrF3N4O3S2. The van der Waals surface area contributed by atoms with Gasteiger partial charge in [-0.2, -0.15) is 18.3 Å². The van der Waals surface area contributed by atoms with E-state index in [1.807, 2.05) is 0 Å². The molecule has 39 heavy (non-hydrogen) atoms. The van der Waals surface area contributed by atoms with Crippen LogP contribution in [0, 0.1) is 11.3 Å². The summed E-state index contributed by atoms with van der Waals surface area (Å²) in [7, 11) is 1.27. The molecule has 0 aromatic carbocycles. The third-order valence-electron chi connectivity index (χ3n) is 6.92. The summed E-state index contributed by atoms with van der Waals surface area (Å²) in [5.74, 6) is -0.948. The molecule has 4 aromatic heterocycles. The maximum atomic E-state index is 14.0. The number of hydrogen-bond donors (Lipinski definition) is 1. The lowest BCUT2D eigenvalue weighted by molar-refractivity contribution is -0.142. The van der Waals surface area contributed by atoms with Crippen LogP contribution in [-0.4, -0.2) is 33.6 Å². The number of esters is 1. The highest BCUT2D eigenvalue weighted by atomic mass is 79.9. The summed E-state index contributed by atoms with van der Waals surface area (Å²) in [6.07, 6.45) is -2.44. The summed E-state index contributed by atoms with van der Waals surface area (Å²) < 4.78 is 47.7. The van der Waals surface area contributed by atoms with Crippen LogP contribution in [0.2, 0.25) is 0 Å². The Labute approximate surface area is 238 Å². The number of thiophene rings is 2. The van der Waals surface area contributed by atoms with Crippen molar-refractivity contribution < 1.29 is 27.5 Å². The van der Waals surface area contributed by atoms with Gasteiger partial charge in [0.1, 0.15) is 5.00 Å². The Kier molecular flexibility index (Phi) is 7.13. The molecule has 1 N–H and O–H groups in total. The van der Waals surface area contributed by atoms with Crippen LogP contribution in [0.4, 0.5) is 18.2 Å². The molecule has 0 aliphatic heterocycles. The van der Waals surface area contributed by atoms with Crippen LogP contribution < -0.4 is 5.32 Å². The molecular weight excluding hydrogens is 617 g/mol. The second-order valence-corrected chi connectivity index (χ2v) is 13.2. The number of anilines is 1. The molecule has 13 heteroatoms. The predicted molar refractivity (Wildman–Crippen MR) is 148 cm³/mol. The number of ether oxygens (including phenoxy) is 1. The fourth-order valence-electron chi connectivity index (χ4n) is 4.78. The van der Waals surface area contributed by atoms with Crippen molar-refractivity contribution in [2.24, 2.45) is 11.3 Å². The molecule has 0 bridgehead atoms. The van der Waals surface area contributed by atoms with Gasteiger partial charge in [-0.3, -0.25) is 4.79 Å². The van der Waals surface area contributed by atoms with Crippen molar-refractivity contribution in [1.82, 2.24) is 14.6 Å². The van der Waals surface area contributed by atoms with Crippen molar-refractivity contribution in [2.45, 2.75) is 46.2 Å². The van der Waals surface area contributed by atoms with Crippen LogP contribution in [0.3, 0.4) is 0 Å². The van der Waals surface area contributed by atoms with Gasteiger partial charge in [-0.25, -0.2) is 14.3 Å². The van der Waals surface area contributed by atoms with E-state index >= 15 is 0 Å². The highest BCUT2D eigenvalue weighted by molar-refractivity contribution is 9.10. The lowest BCUT2D eigenvalue weighted by Crippen LogP contribution is -2.26. The first-order valence-electron chi connectivity index (χ1n) is 12.0. The Bertz CT molecular complexity index is 1590. The Morgan fingerprint density at radius 3 is 2.62 bits per heavy atom. The van der Waals surface area contributed by atoms with Crippen molar-refractivity contribution in [2.75, 3.05) is 12.4 Å². The summed E-state index contributed by atoms with van der Waals surface area (Å²) in [5.41, 5.74) is -0.180.